The summed E-state index contributed by atoms with van der Waals surface area (Å²) in [6, 6.07) is -0.273. The quantitative estimate of drug-likeness (QED) is 0.809. The predicted molar refractivity (Wildman–Crippen MR) is 66.4 cm³/mol. The van der Waals surface area contributed by atoms with Crippen LogP contribution in [0.25, 0.3) is 0 Å². The summed E-state index contributed by atoms with van der Waals surface area (Å²) in [5.41, 5.74) is 0. The summed E-state index contributed by atoms with van der Waals surface area (Å²) in [7, 11) is -3.19. The highest BCUT2D eigenvalue weighted by atomic mass is 32.2. The zero-order valence-corrected chi connectivity index (χ0v) is 11.2. The number of hydrogen-bond donors (Lipinski definition) is 1. The monoisotopic (exact) mass is 266 g/mol. The maximum atomic E-state index is 11.8. The number of rotatable bonds is 3. The standard InChI is InChI=1S/C9H18N2O3S2/c1-3-10-9(12)11-5-6-15-7-8(11)16(13,14)4-2/h8H,3-7H2,1-2H3,(H,10,12). The third kappa shape index (κ3) is 3.04. The van der Waals surface area contributed by atoms with Crippen molar-refractivity contribution >= 4 is 27.6 Å². The SMILES string of the molecule is CCNC(=O)N1CCSCC1S(=O)(=O)CC. The lowest BCUT2D eigenvalue weighted by atomic mass is 10.5. The van der Waals surface area contributed by atoms with E-state index in [2.05, 4.69) is 5.32 Å². The number of thioether (sulfide) groups is 1. The van der Waals surface area contributed by atoms with Crippen LogP contribution in [0, 0.1) is 0 Å². The van der Waals surface area contributed by atoms with Gasteiger partial charge in [0, 0.05) is 30.3 Å². The van der Waals surface area contributed by atoms with E-state index in [9.17, 15) is 13.2 Å². The van der Waals surface area contributed by atoms with Crippen LogP contribution >= 0.6 is 11.8 Å². The molecule has 1 N–H and O–H groups in total. The molecule has 1 rings (SSSR count). The van der Waals surface area contributed by atoms with Crippen LogP contribution in [0.3, 0.4) is 0 Å². The Balaban J connectivity index is 2.83. The summed E-state index contributed by atoms with van der Waals surface area (Å²) in [6.07, 6.45) is 0. The molecule has 0 bridgehead atoms. The number of urea groups is 1. The van der Waals surface area contributed by atoms with Crippen molar-refractivity contribution in [3.05, 3.63) is 0 Å². The van der Waals surface area contributed by atoms with Gasteiger partial charge in [-0.3, -0.25) is 0 Å². The van der Waals surface area contributed by atoms with Gasteiger partial charge in [0.2, 0.25) is 0 Å². The van der Waals surface area contributed by atoms with Gasteiger partial charge in [0.15, 0.2) is 9.84 Å². The van der Waals surface area contributed by atoms with E-state index in [1.165, 1.54) is 4.90 Å². The van der Waals surface area contributed by atoms with Crippen molar-refractivity contribution in [2.75, 3.05) is 30.3 Å². The Labute approximate surface area is 101 Å². The predicted octanol–water partition coefficient (Wildman–Crippen LogP) is 0.526. The van der Waals surface area contributed by atoms with Crippen LogP contribution in [0.5, 0.6) is 0 Å². The highest BCUT2D eigenvalue weighted by molar-refractivity contribution is 8.01. The van der Waals surface area contributed by atoms with Crippen molar-refractivity contribution in [1.82, 2.24) is 10.2 Å². The van der Waals surface area contributed by atoms with Crippen LogP contribution in [0.4, 0.5) is 4.79 Å². The Kier molecular flexibility index (Phi) is 4.91. The molecule has 1 aliphatic heterocycles. The number of nitrogens with zero attached hydrogens (tertiary/aromatic N) is 1. The lowest BCUT2D eigenvalue weighted by Gasteiger charge is -2.34. The lowest BCUT2D eigenvalue weighted by molar-refractivity contribution is 0.197. The average Bonchev–Trinajstić information content (AvgIpc) is 2.29. The number of hydrogen-bond acceptors (Lipinski definition) is 4. The van der Waals surface area contributed by atoms with Crippen molar-refractivity contribution in [2.45, 2.75) is 19.2 Å². The minimum absolute atomic E-state index is 0.0775. The topological polar surface area (TPSA) is 66.5 Å². The van der Waals surface area contributed by atoms with Gasteiger partial charge in [-0.25, -0.2) is 13.2 Å². The van der Waals surface area contributed by atoms with E-state index in [-0.39, 0.29) is 11.8 Å². The fraction of sp³-hybridized carbons (Fsp3) is 0.889. The van der Waals surface area contributed by atoms with Gasteiger partial charge in [-0.2, -0.15) is 11.8 Å². The van der Waals surface area contributed by atoms with Gasteiger partial charge in [0.1, 0.15) is 5.37 Å². The van der Waals surface area contributed by atoms with Crippen LogP contribution in [-0.4, -0.2) is 55.1 Å². The highest BCUT2D eigenvalue weighted by Crippen LogP contribution is 2.21. The first-order chi connectivity index (χ1) is 7.53. The molecule has 0 aromatic carbocycles. The molecular formula is C9H18N2O3S2. The molecule has 0 spiro atoms. The second-order valence-corrected chi connectivity index (χ2v) is 7.11. The van der Waals surface area contributed by atoms with E-state index < -0.39 is 15.2 Å². The van der Waals surface area contributed by atoms with Crippen molar-refractivity contribution in [3.63, 3.8) is 0 Å². The third-order valence-corrected chi connectivity index (χ3v) is 5.78. The fourth-order valence-corrected chi connectivity index (χ4v) is 4.52. The molecule has 1 fully saturated rings. The molecule has 94 valence electrons. The van der Waals surface area contributed by atoms with Gasteiger partial charge in [0.25, 0.3) is 0 Å². The van der Waals surface area contributed by atoms with Crippen LogP contribution < -0.4 is 5.32 Å². The highest BCUT2D eigenvalue weighted by Gasteiger charge is 2.35. The van der Waals surface area contributed by atoms with Crippen LogP contribution in [0.2, 0.25) is 0 Å². The number of carbonyl (C=O) groups is 1. The summed E-state index contributed by atoms with van der Waals surface area (Å²) in [5, 5.41) is 1.99. The summed E-state index contributed by atoms with van der Waals surface area (Å²) in [6.45, 7) is 4.45. The zero-order valence-electron chi connectivity index (χ0n) is 9.60. The second kappa shape index (κ2) is 5.77. The number of amides is 2. The van der Waals surface area contributed by atoms with Crippen molar-refractivity contribution < 1.29 is 13.2 Å². The molecule has 1 unspecified atom stereocenters. The van der Waals surface area contributed by atoms with Crippen molar-refractivity contribution in [1.29, 1.82) is 0 Å². The van der Waals surface area contributed by atoms with E-state index in [0.717, 1.165) is 5.75 Å². The molecule has 0 radical (unpaired) electrons. The second-order valence-electron chi connectivity index (χ2n) is 3.51. The summed E-state index contributed by atoms with van der Waals surface area (Å²) in [5.74, 6) is 1.36. The van der Waals surface area contributed by atoms with E-state index >= 15 is 0 Å². The van der Waals surface area contributed by atoms with Crippen LogP contribution in [0.15, 0.2) is 0 Å². The van der Waals surface area contributed by atoms with Crippen LogP contribution in [0.1, 0.15) is 13.8 Å². The van der Waals surface area contributed by atoms with Gasteiger partial charge >= 0.3 is 6.03 Å². The summed E-state index contributed by atoms with van der Waals surface area (Å²) < 4.78 is 23.7. The molecule has 1 heterocycles. The van der Waals surface area contributed by atoms with Gasteiger partial charge < -0.3 is 10.2 Å². The normalized spacial score (nSPS) is 21.9. The average molecular weight is 266 g/mol. The molecule has 1 aliphatic rings. The number of nitrogens with one attached hydrogen (secondary N) is 1. The molecule has 0 aromatic rings. The van der Waals surface area contributed by atoms with Crippen LogP contribution in [-0.2, 0) is 9.84 Å². The molecule has 2 amide bonds. The summed E-state index contributed by atoms with van der Waals surface area (Å²) >= 11 is 1.58. The third-order valence-electron chi connectivity index (χ3n) is 2.49. The summed E-state index contributed by atoms with van der Waals surface area (Å²) in [4.78, 5) is 13.2. The molecule has 7 heteroatoms. The molecule has 16 heavy (non-hydrogen) atoms. The molecule has 5 nitrogen and oxygen atoms in total. The number of carbonyl (C=O) groups excluding carboxylic acids is 1. The Morgan fingerprint density at radius 1 is 1.50 bits per heavy atom. The molecule has 0 aliphatic carbocycles. The van der Waals surface area contributed by atoms with E-state index in [0.29, 0.717) is 18.8 Å². The molecular weight excluding hydrogens is 248 g/mol. The van der Waals surface area contributed by atoms with Gasteiger partial charge in [-0.05, 0) is 6.92 Å². The number of sulfone groups is 1. The first-order valence-electron chi connectivity index (χ1n) is 5.36. The molecule has 1 atom stereocenters. The van der Waals surface area contributed by atoms with Gasteiger partial charge in [0.05, 0.1) is 0 Å². The largest absolute Gasteiger partial charge is 0.338 e. The van der Waals surface area contributed by atoms with Gasteiger partial charge in [-0.15, -0.1) is 0 Å². The molecule has 1 saturated heterocycles. The Morgan fingerprint density at radius 2 is 2.19 bits per heavy atom. The Hall–Kier alpha value is -0.430. The van der Waals surface area contributed by atoms with E-state index in [1.54, 1.807) is 18.7 Å². The van der Waals surface area contributed by atoms with E-state index in [1.807, 2.05) is 6.92 Å². The Bertz CT molecular complexity index is 343. The minimum atomic E-state index is -3.19. The van der Waals surface area contributed by atoms with Crippen molar-refractivity contribution in [3.8, 4) is 0 Å². The zero-order chi connectivity index (χ0) is 12.2. The first-order valence-corrected chi connectivity index (χ1v) is 8.23. The van der Waals surface area contributed by atoms with E-state index in [4.69, 9.17) is 0 Å². The molecule has 0 saturated carbocycles. The lowest BCUT2D eigenvalue weighted by Crippen LogP contribution is -2.54. The Morgan fingerprint density at radius 3 is 2.75 bits per heavy atom. The van der Waals surface area contributed by atoms with Gasteiger partial charge in [-0.1, -0.05) is 6.92 Å². The van der Waals surface area contributed by atoms with Crippen molar-refractivity contribution in [2.24, 2.45) is 0 Å². The fourth-order valence-electron chi connectivity index (χ4n) is 1.56. The first kappa shape index (κ1) is 13.6. The minimum Gasteiger partial charge on any atom is -0.338 e. The maximum absolute atomic E-state index is 11.8. The smallest absolute Gasteiger partial charge is 0.318 e. The maximum Gasteiger partial charge on any atom is 0.318 e. The molecule has 0 aromatic heterocycles.